The zero-order valence-electron chi connectivity index (χ0n) is 6.73. The van der Waals surface area contributed by atoms with Crippen LogP contribution < -0.4 is 0 Å². The highest BCUT2D eigenvalue weighted by Gasteiger charge is 2.05. The number of aromatic nitrogens is 2. The SMILES string of the molecule is COC(=O)CSc1nc(C)ns1. The quantitative estimate of drug-likeness (QED) is 0.545. The fourth-order valence-corrected chi connectivity index (χ4v) is 2.00. The van der Waals surface area contributed by atoms with Crippen molar-refractivity contribution in [3.05, 3.63) is 5.82 Å². The third kappa shape index (κ3) is 2.78. The highest BCUT2D eigenvalue weighted by molar-refractivity contribution is 8.01. The van der Waals surface area contributed by atoms with Crippen LogP contribution >= 0.6 is 23.3 Å². The van der Waals surface area contributed by atoms with Crippen molar-refractivity contribution < 1.29 is 9.53 Å². The Morgan fingerprint density at radius 3 is 3.00 bits per heavy atom. The van der Waals surface area contributed by atoms with E-state index < -0.39 is 0 Å². The lowest BCUT2D eigenvalue weighted by molar-refractivity contribution is -0.137. The molecule has 0 saturated heterocycles. The molecule has 0 fully saturated rings. The third-order valence-corrected chi connectivity index (χ3v) is 2.95. The van der Waals surface area contributed by atoms with Gasteiger partial charge in [-0.05, 0) is 18.5 Å². The number of carbonyl (C=O) groups is 1. The van der Waals surface area contributed by atoms with Crippen molar-refractivity contribution in [1.82, 2.24) is 9.36 Å². The Balaban J connectivity index is 2.38. The van der Waals surface area contributed by atoms with Crippen molar-refractivity contribution in [3.8, 4) is 0 Å². The molecule has 0 N–H and O–H groups in total. The van der Waals surface area contributed by atoms with Gasteiger partial charge in [0.2, 0.25) is 0 Å². The van der Waals surface area contributed by atoms with Gasteiger partial charge >= 0.3 is 5.97 Å². The standard InChI is InChI=1S/C6H8N2O2S2/c1-4-7-6(12-8-4)11-3-5(9)10-2/h3H2,1-2H3. The molecule has 6 heteroatoms. The Morgan fingerprint density at radius 2 is 2.50 bits per heavy atom. The van der Waals surface area contributed by atoms with Crippen molar-refractivity contribution in [2.24, 2.45) is 0 Å². The summed E-state index contributed by atoms with van der Waals surface area (Å²) >= 11 is 2.64. The molecule has 0 spiro atoms. The topological polar surface area (TPSA) is 52.1 Å². The zero-order chi connectivity index (χ0) is 8.97. The van der Waals surface area contributed by atoms with Crippen molar-refractivity contribution in [1.29, 1.82) is 0 Å². The summed E-state index contributed by atoms with van der Waals surface area (Å²) in [6.07, 6.45) is 0. The van der Waals surface area contributed by atoms with Crippen LogP contribution in [0, 0.1) is 6.92 Å². The first-order chi connectivity index (χ1) is 5.72. The lowest BCUT2D eigenvalue weighted by atomic mass is 10.8. The first-order valence-electron chi connectivity index (χ1n) is 3.22. The van der Waals surface area contributed by atoms with Crippen LogP contribution in [0.25, 0.3) is 0 Å². The van der Waals surface area contributed by atoms with E-state index in [1.54, 1.807) is 0 Å². The van der Waals surface area contributed by atoms with E-state index in [0.29, 0.717) is 5.75 Å². The Kier molecular flexibility index (Phi) is 3.48. The van der Waals surface area contributed by atoms with Crippen molar-refractivity contribution in [2.45, 2.75) is 11.3 Å². The predicted molar refractivity (Wildman–Crippen MR) is 47.4 cm³/mol. The Hall–Kier alpha value is -0.620. The monoisotopic (exact) mass is 204 g/mol. The molecule has 1 heterocycles. The molecule has 1 aromatic rings. The maximum Gasteiger partial charge on any atom is 0.316 e. The van der Waals surface area contributed by atoms with Gasteiger partial charge in [0.05, 0.1) is 12.9 Å². The Morgan fingerprint density at radius 1 is 1.75 bits per heavy atom. The lowest BCUT2D eigenvalue weighted by Gasteiger charge is -1.94. The number of hydrogen-bond donors (Lipinski definition) is 0. The number of rotatable bonds is 3. The van der Waals surface area contributed by atoms with Gasteiger partial charge in [-0.2, -0.15) is 4.37 Å². The van der Waals surface area contributed by atoms with E-state index in [-0.39, 0.29) is 5.97 Å². The summed E-state index contributed by atoms with van der Waals surface area (Å²) in [6, 6.07) is 0. The molecule has 0 atom stereocenters. The van der Waals surface area contributed by atoms with Crippen LogP contribution in [0.1, 0.15) is 5.82 Å². The summed E-state index contributed by atoms with van der Waals surface area (Å²) in [5.41, 5.74) is 0. The molecular formula is C6H8N2O2S2. The Bertz CT molecular complexity index is 274. The molecule has 66 valence electrons. The van der Waals surface area contributed by atoms with Crippen LogP contribution in [0.15, 0.2) is 4.34 Å². The lowest BCUT2D eigenvalue weighted by Crippen LogP contribution is -2.02. The minimum absolute atomic E-state index is 0.243. The van der Waals surface area contributed by atoms with Crippen molar-refractivity contribution in [3.63, 3.8) is 0 Å². The minimum Gasteiger partial charge on any atom is -0.468 e. The molecule has 0 aliphatic rings. The van der Waals surface area contributed by atoms with Crippen LogP contribution in [0.3, 0.4) is 0 Å². The summed E-state index contributed by atoms with van der Waals surface area (Å²) in [6.45, 7) is 1.82. The van der Waals surface area contributed by atoms with Gasteiger partial charge in [0.1, 0.15) is 5.82 Å². The van der Waals surface area contributed by atoms with E-state index in [4.69, 9.17) is 0 Å². The fraction of sp³-hybridized carbons (Fsp3) is 0.500. The number of hydrogen-bond acceptors (Lipinski definition) is 6. The second-order valence-electron chi connectivity index (χ2n) is 1.97. The van der Waals surface area contributed by atoms with Crippen LogP contribution in [0.4, 0.5) is 0 Å². The molecule has 0 aliphatic carbocycles. The van der Waals surface area contributed by atoms with Crippen LogP contribution in [-0.2, 0) is 9.53 Å². The van der Waals surface area contributed by atoms with Gasteiger partial charge in [-0.15, -0.1) is 0 Å². The van der Waals surface area contributed by atoms with E-state index in [1.807, 2.05) is 6.92 Å². The largest absolute Gasteiger partial charge is 0.468 e. The molecule has 4 nitrogen and oxygen atoms in total. The first kappa shape index (κ1) is 9.47. The summed E-state index contributed by atoms with van der Waals surface area (Å²) < 4.78 is 9.26. The molecule has 1 aromatic heterocycles. The average molecular weight is 204 g/mol. The highest BCUT2D eigenvalue weighted by Crippen LogP contribution is 2.19. The molecule has 0 radical (unpaired) electrons. The second kappa shape index (κ2) is 4.42. The summed E-state index contributed by atoms with van der Waals surface area (Å²) in [5.74, 6) is 0.797. The predicted octanol–water partition coefficient (Wildman–Crippen LogP) is 1.11. The first-order valence-corrected chi connectivity index (χ1v) is 4.98. The number of thioether (sulfide) groups is 1. The molecule has 12 heavy (non-hydrogen) atoms. The number of esters is 1. The number of methoxy groups -OCH3 is 1. The summed E-state index contributed by atoms with van der Waals surface area (Å²) in [7, 11) is 1.37. The van der Waals surface area contributed by atoms with Gasteiger partial charge in [-0.3, -0.25) is 4.79 Å². The zero-order valence-corrected chi connectivity index (χ0v) is 8.37. The maximum atomic E-state index is 10.7. The molecular weight excluding hydrogens is 196 g/mol. The fourth-order valence-electron chi connectivity index (χ4n) is 0.516. The second-order valence-corrected chi connectivity index (χ2v) is 3.95. The molecule has 0 aliphatic heterocycles. The Labute approximate surface area is 78.5 Å². The van der Waals surface area contributed by atoms with Crippen molar-refractivity contribution >= 4 is 29.3 Å². The van der Waals surface area contributed by atoms with E-state index in [1.165, 1.54) is 30.4 Å². The smallest absolute Gasteiger partial charge is 0.316 e. The number of aryl methyl sites for hydroxylation is 1. The molecule has 0 amide bonds. The van der Waals surface area contributed by atoms with Crippen LogP contribution in [0.2, 0.25) is 0 Å². The normalized spacial score (nSPS) is 9.83. The average Bonchev–Trinajstić information content (AvgIpc) is 2.47. The van der Waals surface area contributed by atoms with Gasteiger partial charge in [-0.1, -0.05) is 11.8 Å². The highest BCUT2D eigenvalue weighted by atomic mass is 32.2. The van der Waals surface area contributed by atoms with Gasteiger partial charge in [0, 0.05) is 0 Å². The van der Waals surface area contributed by atoms with Gasteiger partial charge in [0.25, 0.3) is 0 Å². The third-order valence-electron chi connectivity index (χ3n) is 1.05. The number of ether oxygens (including phenoxy) is 1. The number of carbonyl (C=O) groups excluding carboxylic acids is 1. The summed E-state index contributed by atoms with van der Waals surface area (Å²) in [4.78, 5) is 14.8. The van der Waals surface area contributed by atoms with Crippen molar-refractivity contribution in [2.75, 3.05) is 12.9 Å². The maximum absolute atomic E-state index is 10.7. The van der Waals surface area contributed by atoms with E-state index in [0.717, 1.165) is 10.2 Å². The van der Waals surface area contributed by atoms with E-state index in [2.05, 4.69) is 14.1 Å². The van der Waals surface area contributed by atoms with E-state index in [9.17, 15) is 4.79 Å². The van der Waals surface area contributed by atoms with E-state index >= 15 is 0 Å². The minimum atomic E-state index is -0.243. The van der Waals surface area contributed by atoms with Gasteiger partial charge in [-0.25, -0.2) is 4.98 Å². The molecule has 0 unspecified atom stereocenters. The molecule has 0 aromatic carbocycles. The molecule has 0 saturated carbocycles. The van der Waals surface area contributed by atoms with Gasteiger partial charge in [0.15, 0.2) is 4.34 Å². The molecule has 0 bridgehead atoms. The van der Waals surface area contributed by atoms with Crippen LogP contribution in [0.5, 0.6) is 0 Å². The van der Waals surface area contributed by atoms with Crippen LogP contribution in [-0.4, -0.2) is 28.2 Å². The molecule has 1 rings (SSSR count). The van der Waals surface area contributed by atoms with Gasteiger partial charge < -0.3 is 4.74 Å². The number of nitrogens with zero attached hydrogens (tertiary/aromatic N) is 2. The summed E-state index contributed by atoms with van der Waals surface area (Å²) in [5, 5.41) is 0.